The second-order valence-corrected chi connectivity index (χ2v) is 5.26. The molecule has 0 aliphatic rings. The molecular weight excluding hydrogens is 168 g/mol. The molecule has 0 fully saturated rings. The van der Waals surface area contributed by atoms with Crippen LogP contribution in [0.2, 0.25) is 0 Å². The van der Waals surface area contributed by atoms with Crippen molar-refractivity contribution in [3.05, 3.63) is 48.2 Å². The Hall–Kier alpha value is -0.903. The van der Waals surface area contributed by atoms with Crippen LogP contribution in [0.1, 0.15) is 5.56 Å². The molecule has 1 aromatic rings. The van der Waals surface area contributed by atoms with Gasteiger partial charge in [0.2, 0.25) is 0 Å². The first kappa shape index (κ1) is 9.19. The molecule has 2 nitrogen and oxygen atoms in total. The molecule has 1 rings (SSSR count). The van der Waals surface area contributed by atoms with E-state index in [2.05, 4.69) is 6.58 Å². The standard InChI is InChI=1S/C9H12O2Si/c1-2-12(10,11)8-9-6-4-3-5-7-9/h2-7,10-11H,1,8H2. The van der Waals surface area contributed by atoms with Gasteiger partial charge in [-0.25, -0.2) is 0 Å². The van der Waals surface area contributed by atoms with Gasteiger partial charge in [-0.1, -0.05) is 30.3 Å². The lowest BCUT2D eigenvalue weighted by atomic mass is 10.2. The van der Waals surface area contributed by atoms with Crippen molar-refractivity contribution in [2.45, 2.75) is 6.04 Å². The molecule has 0 unspecified atom stereocenters. The predicted octanol–water partition coefficient (Wildman–Crippen LogP) is 0.920. The van der Waals surface area contributed by atoms with Gasteiger partial charge in [-0.3, -0.25) is 0 Å². The Morgan fingerprint density at radius 3 is 2.33 bits per heavy atom. The minimum absolute atomic E-state index is 0.317. The molecule has 2 N–H and O–H groups in total. The van der Waals surface area contributed by atoms with E-state index in [9.17, 15) is 9.59 Å². The third kappa shape index (κ3) is 2.62. The normalized spacial score (nSPS) is 11.2. The van der Waals surface area contributed by atoms with E-state index in [1.165, 1.54) is 5.70 Å². The van der Waals surface area contributed by atoms with E-state index in [0.29, 0.717) is 6.04 Å². The molecule has 0 aliphatic heterocycles. The maximum atomic E-state index is 9.35. The molecule has 0 aliphatic carbocycles. The highest BCUT2D eigenvalue weighted by Gasteiger charge is 2.24. The summed E-state index contributed by atoms with van der Waals surface area (Å²) in [6, 6.07) is 9.72. The van der Waals surface area contributed by atoms with Crippen molar-refractivity contribution in [2.75, 3.05) is 0 Å². The molecule has 0 amide bonds. The highest BCUT2D eigenvalue weighted by atomic mass is 28.4. The van der Waals surface area contributed by atoms with Crippen molar-refractivity contribution in [2.24, 2.45) is 0 Å². The van der Waals surface area contributed by atoms with Gasteiger partial charge in [0.15, 0.2) is 0 Å². The molecule has 1 aromatic carbocycles. The Morgan fingerprint density at radius 1 is 1.25 bits per heavy atom. The van der Waals surface area contributed by atoms with Gasteiger partial charge >= 0.3 is 8.56 Å². The van der Waals surface area contributed by atoms with Crippen LogP contribution in [0.4, 0.5) is 0 Å². The maximum Gasteiger partial charge on any atom is 0.363 e. The highest BCUT2D eigenvalue weighted by Crippen LogP contribution is 2.06. The largest absolute Gasteiger partial charge is 0.408 e. The van der Waals surface area contributed by atoms with Crippen LogP contribution >= 0.6 is 0 Å². The molecule has 0 aromatic heterocycles. The van der Waals surface area contributed by atoms with Crippen LogP contribution in [0, 0.1) is 0 Å². The van der Waals surface area contributed by atoms with Gasteiger partial charge in [-0.2, -0.15) is 0 Å². The number of rotatable bonds is 3. The van der Waals surface area contributed by atoms with Gasteiger partial charge in [0, 0.05) is 6.04 Å². The lowest BCUT2D eigenvalue weighted by molar-refractivity contribution is 0.377. The smallest absolute Gasteiger partial charge is 0.363 e. The Bertz CT molecular complexity index is 256. The molecule has 0 spiro atoms. The molecule has 12 heavy (non-hydrogen) atoms. The van der Waals surface area contributed by atoms with E-state index < -0.39 is 8.56 Å². The number of hydrogen-bond acceptors (Lipinski definition) is 2. The summed E-state index contributed by atoms with van der Waals surface area (Å²) in [5.41, 5.74) is 2.20. The molecule has 0 heterocycles. The number of benzene rings is 1. The molecule has 0 bridgehead atoms. The monoisotopic (exact) mass is 180 g/mol. The summed E-state index contributed by atoms with van der Waals surface area (Å²) in [6.07, 6.45) is 0. The summed E-state index contributed by atoms with van der Waals surface area (Å²) >= 11 is 0. The third-order valence-corrected chi connectivity index (χ3v) is 3.22. The van der Waals surface area contributed by atoms with E-state index in [1.807, 2.05) is 30.3 Å². The van der Waals surface area contributed by atoms with Gasteiger partial charge < -0.3 is 9.59 Å². The predicted molar refractivity (Wildman–Crippen MR) is 50.5 cm³/mol. The van der Waals surface area contributed by atoms with Crippen molar-refractivity contribution in [1.82, 2.24) is 0 Å². The number of hydrogen-bond donors (Lipinski definition) is 2. The van der Waals surface area contributed by atoms with E-state index >= 15 is 0 Å². The highest BCUT2D eigenvalue weighted by molar-refractivity contribution is 6.69. The molecule has 64 valence electrons. The fraction of sp³-hybridized carbons (Fsp3) is 0.111. The Kier molecular flexibility index (Phi) is 2.81. The van der Waals surface area contributed by atoms with Crippen molar-refractivity contribution < 1.29 is 9.59 Å². The second-order valence-electron chi connectivity index (χ2n) is 2.75. The van der Waals surface area contributed by atoms with E-state index in [0.717, 1.165) is 5.56 Å². The van der Waals surface area contributed by atoms with Gasteiger partial charge in [0.1, 0.15) is 0 Å². The lowest BCUT2D eigenvalue weighted by Crippen LogP contribution is -2.35. The quantitative estimate of drug-likeness (QED) is 0.679. The van der Waals surface area contributed by atoms with Crippen LogP contribution in [-0.4, -0.2) is 18.2 Å². The van der Waals surface area contributed by atoms with E-state index in [-0.39, 0.29) is 0 Å². The van der Waals surface area contributed by atoms with Crippen LogP contribution in [0.5, 0.6) is 0 Å². The molecule has 0 atom stereocenters. The average Bonchev–Trinajstić information content (AvgIpc) is 2.06. The fourth-order valence-corrected chi connectivity index (χ4v) is 1.95. The minimum Gasteiger partial charge on any atom is -0.408 e. The van der Waals surface area contributed by atoms with Crippen molar-refractivity contribution in [3.63, 3.8) is 0 Å². The zero-order valence-electron chi connectivity index (χ0n) is 6.77. The molecule has 0 saturated carbocycles. The van der Waals surface area contributed by atoms with Crippen LogP contribution in [0.25, 0.3) is 0 Å². The first-order valence-electron chi connectivity index (χ1n) is 3.76. The Balaban J connectivity index is 2.70. The molecule has 3 heteroatoms. The van der Waals surface area contributed by atoms with Crippen LogP contribution < -0.4 is 0 Å². The zero-order valence-corrected chi connectivity index (χ0v) is 7.77. The van der Waals surface area contributed by atoms with Crippen LogP contribution in [-0.2, 0) is 6.04 Å². The van der Waals surface area contributed by atoms with Gasteiger partial charge in [0.25, 0.3) is 0 Å². The Labute approximate surface area is 73.1 Å². The van der Waals surface area contributed by atoms with Crippen molar-refractivity contribution in [3.8, 4) is 0 Å². The average molecular weight is 180 g/mol. The summed E-state index contributed by atoms with van der Waals surface area (Å²) in [4.78, 5) is 18.7. The van der Waals surface area contributed by atoms with Gasteiger partial charge in [0.05, 0.1) is 0 Å². The van der Waals surface area contributed by atoms with Gasteiger partial charge in [-0.15, -0.1) is 6.58 Å². The SMILES string of the molecule is C=C[Si](O)(O)Cc1ccccc1. The zero-order chi connectivity index (χ0) is 9.03. The summed E-state index contributed by atoms with van der Waals surface area (Å²) in [5.74, 6) is 0. The minimum atomic E-state index is -3.15. The van der Waals surface area contributed by atoms with E-state index in [4.69, 9.17) is 0 Å². The Morgan fingerprint density at radius 2 is 1.83 bits per heavy atom. The molecule has 0 saturated heterocycles. The van der Waals surface area contributed by atoms with Gasteiger partial charge in [-0.05, 0) is 11.3 Å². The lowest BCUT2D eigenvalue weighted by Gasteiger charge is -2.11. The van der Waals surface area contributed by atoms with E-state index in [1.54, 1.807) is 0 Å². The van der Waals surface area contributed by atoms with Crippen LogP contribution in [0.3, 0.4) is 0 Å². The summed E-state index contributed by atoms with van der Waals surface area (Å²) in [7, 11) is -3.15. The topological polar surface area (TPSA) is 40.5 Å². The first-order valence-corrected chi connectivity index (χ1v) is 5.94. The summed E-state index contributed by atoms with van der Waals surface area (Å²) in [5, 5.41) is 0. The first-order chi connectivity index (χ1) is 5.64. The second kappa shape index (κ2) is 3.67. The maximum absolute atomic E-state index is 9.35. The summed E-state index contributed by atoms with van der Waals surface area (Å²) in [6.45, 7) is 3.39. The van der Waals surface area contributed by atoms with Crippen molar-refractivity contribution in [1.29, 1.82) is 0 Å². The fourth-order valence-electron chi connectivity index (χ4n) is 0.968. The summed E-state index contributed by atoms with van der Waals surface area (Å²) < 4.78 is 0. The third-order valence-electron chi connectivity index (χ3n) is 1.63. The molecule has 0 radical (unpaired) electrons. The van der Waals surface area contributed by atoms with Crippen molar-refractivity contribution >= 4 is 8.56 Å². The van der Waals surface area contributed by atoms with Crippen LogP contribution in [0.15, 0.2) is 42.6 Å². The molecular formula is C9H12O2Si.